The molecule has 1 aliphatic rings. The summed E-state index contributed by atoms with van der Waals surface area (Å²) in [6.07, 6.45) is 0.760. The molecule has 1 unspecified atom stereocenters. The van der Waals surface area contributed by atoms with E-state index in [4.69, 9.17) is 48.4 Å². The number of rotatable bonds is 64. The summed E-state index contributed by atoms with van der Waals surface area (Å²) in [5.41, 5.74) is 9.29. The van der Waals surface area contributed by atoms with Gasteiger partial charge in [-0.2, -0.15) is 0 Å². The number of aliphatic hydroxyl groups excluding tert-OH is 1. The summed E-state index contributed by atoms with van der Waals surface area (Å²) in [5, 5.41) is 26.3. The Labute approximate surface area is 754 Å². The maximum atomic E-state index is 14.8. The number of hydrogen-bond acceptors (Lipinski definition) is 23. The predicted molar refractivity (Wildman–Crippen MR) is 488 cm³/mol. The first kappa shape index (κ1) is 111. The lowest BCUT2D eigenvalue weighted by Crippen LogP contribution is -2.55. The number of fused-ring (bicyclic) bond motifs is 1. The van der Waals surface area contributed by atoms with Crippen LogP contribution in [0.5, 0.6) is 0 Å². The van der Waals surface area contributed by atoms with Gasteiger partial charge in [-0.3, -0.25) is 43.2 Å². The third-order valence-corrected chi connectivity index (χ3v) is 23.3. The number of carbonyl (C=O) groups excluding carboxylic acids is 11. The van der Waals surface area contributed by atoms with E-state index in [-0.39, 0.29) is 122 Å². The number of ether oxygens (including phenoxy) is 9. The number of hydrogen-bond donors (Lipinski definition) is 7. The summed E-state index contributed by atoms with van der Waals surface area (Å²) in [7, 11) is 10.0. The van der Waals surface area contributed by atoms with Gasteiger partial charge in [0.1, 0.15) is 18.2 Å². The van der Waals surface area contributed by atoms with Crippen molar-refractivity contribution in [2.24, 2.45) is 47.2 Å². The van der Waals surface area contributed by atoms with Crippen LogP contribution in [0.15, 0.2) is 84.9 Å². The molecule has 3 aromatic carbocycles. The number of methoxy groups -OCH3 is 2. The van der Waals surface area contributed by atoms with Crippen LogP contribution in [0.4, 0.5) is 15.3 Å². The topological polar surface area (TPSA) is 395 Å². The molecule has 4 aromatic rings. The van der Waals surface area contributed by atoms with Crippen molar-refractivity contribution in [3.8, 4) is 0 Å². The largest absolute Gasteiger partial charge is 0.445 e. The van der Waals surface area contributed by atoms with Gasteiger partial charge in [0.05, 0.1) is 140 Å². The molecular weight excluding hydrogens is 1630 g/mol. The van der Waals surface area contributed by atoms with Gasteiger partial charge in [0.2, 0.25) is 29.5 Å². The van der Waals surface area contributed by atoms with Crippen molar-refractivity contribution in [1.82, 2.24) is 45.4 Å². The molecule has 8 N–H and O–H groups in total. The summed E-state index contributed by atoms with van der Waals surface area (Å²) in [5.74, 6) is -4.33. The minimum Gasteiger partial charge on any atom is -0.445 e. The number of nitrogens with one attached hydrogen (secondary N) is 5. The number of nitrogens with two attached hydrogens (primary N) is 1. The smallest absolute Gasteiger partial charge is 0.410 e. The quantitative estimate of drug-likeness (QED) is 0.0202. The number of benzene rings is 3. The molecule has 0 aliphatic carbocycles. The van der Waals surface area contributed by atoms with Gasteiger partial charge >= 0.3 is 12.1 Å². The van der Waals surface area contributed by atoms with E-state index < -0.39 is 78.4 Å². The lowest BCUT2D eigenvalue weighted by Gasteiger charge is -2.41. The average Bonchev–Trinajstić information content (AvgIpc) is 1.52. The fourth-order valence-electron chi connectivity index (χ4n) is 15.8. The SMILES string of the molecule is CCC(C)[C@@H]([C@@H](CC(=O)N1CCC[C@H]1[C@H](OC)[C@@H](C)C(=O)N[C@H](C)[C@@H](O)c1ccccc1)OC)N(C)C(=O)[C@@H](CC(=O)[C@H](C(C)C)N(C)C(=O)OCc1ccc(NC(=O)[C@H](CCCNC(N)=O)CC(=O)[C@@H](NC)C(C)C)cc1)C(C)C.CCN(C)Cc1cc2ccccc2n1CCC(=O)CCC(=O)NCCOCCOCCOCCOCCOCCOCCC(C)=O. The summed E-state index contributed by atoms with van der Waals surface area (Å²) in [4.78, 5) is 151. The first-order chi connectivity index (χ1) is 60.6. The number of amides is 8. The Bertz CT molecular complexity index is 3920. The van der Waals surface area contributed by atoms with Crippen LogP contribution in [0.3, 0.4) is 0 Å². The second-order valence-electron chi connectivity index (χ2n) is 34.1. The van der Waals surface area contributed by atoms with Crippen LogP contribution < -0.4 is 32.3 Å². The number of urea groups is 1. The summed E-state index contributed by atoms with van der Waals surface area (Å²) < 4.78 is 52.5. The maximum absolute atomic E-state index is 14.8. The highest BCUT2D eigenvalue weighted by molar-refractivity contribution is 5.97. The molecule has 0 saturated carbocycles. The molecule has 1 saturated heterocycles. The fourth-order valence-corrected chi connectivity index (χ4v) is 15.8. The third kappa shape index (κ3) is 39.7. The molecular formula is C95H153N11O21. The van der Waals surface area contributed by atoms with Crippen LogP contribution in [0, 0.1) is 41.4 Å². The third-order valence-electron chi connectivity index (χ3n) is 23.3. The van der Waals surface area contributed by atoms with E-state index in [1.807, 2.05) is 85.7 Å². The van der Waals surface area contributed by atoms with E-state index in [2.05, 4.69) is 68.2 Å². The Morgan fingerprint density at radius 1 is 0.630 bits per heavy atom. The number of Topliss-reactive ketones (excluding diaryl/α,β-unsaturated/α-hetero) is 4. The van der Waals surface area contributed by atoms with Gasteiger partial charge in [-0.1, -0.05) is 136 Å². The monoisotopic (exact) mass is 1780 g/mol. The second kappa shape index (κ2) is 61.0. The minimum absolute atomic E-state index is 0.00315. The summed E-state index contributed by atoms with van der Waals surface area (Å²) >= 11 is 0. The zero-order valence-corrected chi connectivity index (χ0v) is 79.1. The zero-order chi connectivity index (χ0) is 94.1. The zero-order valence-electron chi connectivity index (χ0n) is 79.1. The molecule has 32 nitrogen and oxygen atoms in total. The average molecular weight is 1790 g/mol. The summed E-state index contributed by atoms with van der Waals surface area (Å²) in [6, 6.07) is 22.7. The number of nitrogens with zero attached hydrogens (tertiary/aromatic N) is 5. The van der Waals surface area contributed by atoms with Gasteiger partial charge < -0.3 is 104 Å². The van der Waals surface area contributed by atoms with Crippen molar-refractivity contribution in [3.05, 3.63) is 102 Å². The number of aliphatic hydroxyl groups is 1. The van der Waals surface area contributed by atoms with Crippen molar-refractivity contribution in [2.75, 3.05) is 153 Å². The fraction of sp³-hybridized carbons (Fsp3) is 0.674. The number of primary amides is 1. The molecule has 1 fully saturated rings. The highest BCUT2D eigenvalue weighted by Gasteiger charge is 2.44. The minimum atomic E-state index is -0.929. The number of aryl methyl sites for hydroxylation is 1. The maximum Gasteiger partial charge on any atom is 0.410 e. The van der Waals surface area contributed by atoms with Crippen LogP contribution in [-0.2, 0) is 105 Å². The molecule has 127 heavy (non-hydrogen) atoms. The Balaban J connectivity index is 0.000000620. The number of carbonyl (C=O) groups is 11. The Hall–Kier alpha value is -8.67. The standard InChI is InChI=1S/C61H98N8O12.C34H55N3O9/c1-16-39(8)54(50(79-14)34-51(72)69-31-21-25-47(69)56(80-15)40(9)57(74)65-41(10)55(73)43-22-18-17-19-23-43)67(12)59(76)46(36(2)3)33-49(71)53(38(6)7)68(13)61(78)81-35-42-26-28-45(29-27-42)66-58(75)44(24-20-30-64-60(62)77)32-48(70)52(63-11)37(4)5;1-4-36(3)28-31-27-30-7-5-6-8-33(30)37(31)14-11-32(39)9-10-34(40)35-13-16-42-18-20-44-22-24-46-26-25-45-23-21-43-19-17-41-15-12-29(2)38/h17-19,22-23,26-29,36-41,44,46-47,50,52-56,63,73H,16,20-21,24-25,30-35H2,1-15H3,(H,65,74)(H,66,75)(H3,62,64,77);5-8,27H,4,9-26,28H2,1-3H3,(H,35,40)/t39?,40-,41-,44-,46+,47+,50-,52+,53+,54+,55-,56-;/m1./s1. The molecule has 8 amide bonds. The van der Waals surface area contributed by atoms with Crippen LogP contribution in [0.1, 0.15) is 183 Å². The normalized spacial score (nSPS) is 15.4. The van der Waals surface area contributed by atoms with E-state index in [0.29, 0.717) is 161 Å². The first-order valence-electron chi connectivity index (χ1n) is 45.3. The van der Waals surface area contributed by atoms with Gasteiger partial charge in [-0.15, -0.1) is 0 Å². The van der Waals surface area contributed by atoms with Crippen LogP contribution >= 0.6 is 0 Å². The lowest BCUT2D eigenvalue weighted by molar-refractivity contribution is -0.149. The number of anilines is 1. The highest BCUT2D eigenvalue weighted by Crippen LogP contribution is 2.33. The molecule has 0 radical (unpaired) electrons. The molecule has 0 bridgehead atoms. The molecule has 1 aliphatic heterocycles. The Kier molecular flexibility index (Phi) is 53.2. The predicted octanol–water partition coefficient (Wildman–Crippen LogP) is 9.90. The number of ketones is 4. The molecule has 0 spiro atoms. The van der Waals surface area contributed by atoms with Crippen molar-refractivity contribution in [2.45, 2.75) is 228 Å². The van der Waals surface area contributed by atoms with E-state index in [9.17, 15) is 57.8 Å². The number of likely N-dealkylation sites (N-methyl/N-ethyl adjacent to an activating group) is 3. The van der Waals surface area contributed by atoms with E-state index >= 15 is 0 Å². The lowest BCUT2D eigenvalue weighted by atomic mass is 9.83. The van der Waals surface area contributed by atoms with Crippen molar-refractivity contribution in [3.63, 3.8) is 0 Å². The molecule has 32 heteroatoms. The molecule has 2 heterocycles. The second-order valence-corrected chi connectivity index (χ2v) is 34.1. The van der Waals surface area contributed by atoms with Gasteiger partial charge in [-0.25, -0.2) is 9.59 Å². The van der Waals surface area contributed by atoms with Crippen molar-refractivity contribution < 1.29 is 100 Å². The highest BCUT2D eigenvalue weighted by atomic mass is 16.6. The van der Waals surface area contributed by atoms with Crippen LogP contribution in [0.25, 0.3) is 10.9 Å². The number of aromatic nitrogens is 1. The molecule has 1 aromatic heterocycles. The van der Waals surface area contributed by atoms with Crippen LogP contribution in [-0.4, -0.2) is 284 Å². The van der Waals surface area contributed by atoms with Crippen molar-refractivity contribution in [1.29, 1.82) is 0 Å². The Morgan fingerprint density at radius 3 is 1.78 bits per heavy atom. The van der Waals surface area contributed by atoms with E-state index in [1.54, 1.807) is 81.1 Å². The Morgan fingerprint density at radius 2 is 1.23 bits per heavy atom. The number of likely N-dealkylation sites (tertiary alicyclic amines) is 1. The van der Waals surface area contributed by atoms with Gasteiger partial charge in [0.15, 0.2) is 11.6 Å². The van der Waals surface area contributed by atoms with Gasteiger partial charge in [0, 0.05) is 128 Å². The summed E-state index contributed by atoms with van der Waals surface area (Å²) in [6.45, 7) is 31.2. The first-order valence-corrected chi connectivity index (χ1v) is 45.3. The van der Waals surface area contributed by atoms with E-state index in [0.717, 1.165) is 18.6 Å². The molecule has 5 rings (SSSR count). The van der Waals surface area contributed by atoms with E-state index in [1.165, 1.54) is 37.2 Å². The number of para-hydroxylation sites is 1. The van der Waals surface area contributed by atoms with Gasteiger partial charge in [0.25, 0.3) is 0 Å². The van der Waals surface area contributed by atoms with Crippen LogP contribution in [0.2, 0.25) is 0 Å². The van der Waals surface area contributed by atoms with Gasteiger partial charge in [-0.05, 0) is 125 Å². The molecule has 12 atom stereocenters. The molecule has 714 valence electrons. The van der Waals surface area contributed by atoms with Crippen molar-refractivity contribution >= 4 is 81.4 Å².